The van der Waals surface area contributed by atoms with E-state index in [2.05, 4.69) is 36.2 Å². The first-order valence-corrected chi connectivity index (χ1v) is 14.2. The van der Waals surface area contributed by atoms with E-state index in [0.717, 1.165) is 37.5 Å². The summed E-state index contributed by atoms with van der Waals surface area (Å²) in [5, 5.41) is 10.1. The van der Waals surface area contributed by atoms with Crippen molar-refractivity contribution in [3.05, 3.63) is 47.8 Å². The highest BCUT2D eigenvalue weighted by molar-refractivity contribution is 5.70. The van der Waals surface area contributed by atoms with E-state index in [9.17, 15) is 9.90 Å². The molecule has 0 aromatic carbocycles. The summed E-state index contributed by atoms with van der Waals surface area (Å²) in [6.07, 6.45) is 18.8. The highest BCUT2D eigenvalue weighted by atomic mass is 16.5. The molecule has 1 aromatic heterocycles. The fourth-order valence-electron chi connectivity index (χ4n) is 8.12. The zero-order valence-electron chi connectivity index (χ0n) is 22.4. The van der Waals surface area contributed by atoms with Crippen LogP contribution in [-0.4, -0.2) is 53.8 Å². The number of esters is 1. The zero-order chi connectivity index (χ0) is 25.3. The van der Waals surface area contributed by atoms with Crippen LogP contribution in [0.4, 0.5) is 0 Å². The molecular weight excluding hydrogens is 448 g/mol. The van der Waals surface area contributed by atoms with Gasteiger partial charge in [-0.3, -0.25) is 9.78 Å². The summed E-state index contributed by atoms with van der Waals surface area (Å²) in [6.45, 7) is 2.99. The van der Waals surface area contributed by atoms with Gasteiger partial charge in [-0.05, 0) is 98.9 Å². The van der Waals surface area contributed by atoms with E-state index in [1.807, 2.05) is 31.4 Å². The van der Waals surface area contributed by atoms with Crippen LogP contribution in [0, 0.1) is 29.1 Å². The quantitative estimate of drug-likeness (QED) is 0.411. The monoisotopic (exact) mass is 492 g/mol. The third-order valence-electron chi connectivity index (χ3n) is 9.77. The van der Waals surface area contributed by atoms with Gasteiger partial charge in [-0.1, -0.05) is 43.6 Å². The molecule has 36 heavy (non-hydrogen) atoms. The summed E-state index contributed by atoms with van der Waals surface area (Å²) in [7, 11) is 3.80. The van der Waals surface area contributed by atoms with Crippen molar-refractivity contribution in [3.8, 4) is 0 Å². The highest BCUT2D eigenvalue weighted by Crippen LogP contribution is 2.60. The van der Waals surface area contributed by atoms with Gasteiger partial charge in [-0.2, -0.15) is 0 Å². The predicted octanol–water partition coefficient (Wildman–Crippen LogP) is 5.65. The Bertz CT molecular complexity index is 987. The molecule has 5 rings (SSSR count). The molecule has 1 heterocycles. The van der Waals surface area contributed by atoms with E-state index in [4.69, 9.17) is 4.74 Å². The van der Waals surface area contributed by atoms with Gasteiger partial charge >= 0.3 is 5.97 Å². The van der Waals surface area contributed by atoms with Gasteiger partial charge in [-0.15, -0.1) is 0 Å². The van der Waals surface area contributed by atoms with Crippen molar-refractivity contribution in [3.63, 3.8) is 0 Å². The van der Waals surface area contributed by atoms with Crippen LogP contribution >= 0.6 is 0 Å². The SMILES string of the molecule is CN(C)C[C@H](O)CC(=O)O[C@H]1CC[C@@]2(C)C(=CCC3C4CC=C(c5cccnc5)[C@@H]4CCCCC32)C1. The van der Waals surface area contributed by atoms with E-state index in [1.54, 1.807) is 5.57 Å². The lowest BCUT2D eigenvalue weighted by atomic mass is 9.52. The molecule has 0 bridgehead atoms. The Hall–Kier alpha value is -1.98. The number of rotatable bonds is 6. The molecule has 2 saturated carbocycles. The fourth-order valence-corrected chi connectivity index (χ4v) is 8.12. The van der Waals surface area contributed by atoms with Gasteiger partial charge in [0.2, 0.25) is 0 Å². The molecule has 0 saturated heterocycles. The molecule has 196 valence electrons. The number of carbonyl (C=O) groups excluding carboxylic acids is 1. The van der Waals surface area contributed by atoms with Gasteiger partial charge in [0.05, 0.1) is 12.5 Å². The third kappa shape index (κ3) is 5.19. The van der Waals surface area contributed by atoms with Gasteiger partial charge in [-0.25, -0.2) is 0 Å². The van der Waals surface area contributed by atoms with Crippen LogP contribution < -0.4 is 0 Å². The van der Waals surface area contributed by atoms with Crippen LogP contribution in [0.15, 0.2) is 42.3 Å². The number of allylic oxidation sites excluding steroid dienone is 3. The van der Waals surface area contributed by atoms with Crippen molar-refractivity contribution in [2.45, 2.75) is 83.3 Å². The molecular formula is C31H44N2O3. The molecule has 5 nitrogen and oxygen atoms in total. The highest BCUT2D eigenvalue weighted by Gasteiger charge is 2.51. The normalized spacial score (nSPS) is 34.9. The summed E-state index contributed by atoms with van der Waals surface area (Å²) in [5.41, 5.74) is 4.60. The van der Waals surface area contributed by atoms with Gasteiger partial charge in [0.25, 0.3) is 0 Å². The van der Waals surface area contributed by atoms with E-state index >= 15 is 0 Å². The van der Waals surface area contributed by atoms with Crippen molar-refractivity contribution in [1.82, 2.24) is 9.88 Å². The molecule has 1 N–H and O–H groups in total. The molecule has 4 aliphatic carbocycles. The van der Waals surface area contributed by atoms with Crippen LogP contribution in [0.3, 0.4) is 0 Å². The van der Waals surface area contributed by atoms with Crippen LogP contribution in [0.1, 0.15) is 76.7 Å². The van der Waals surface area contributed by atoms with Crippen LogP contribution in [-0.2, 0) is 9.53 Å². The molecule has 0 spiro atoms. The minimum atomic E-state index is -0.671. The average molecular weight is 493 g/mol. The number of aliphatic hydroxyl groups excluding tert-OH is 1. The lowest BCUT2D eigenvalue weighted by molar-refractivity contribution is -0.153. The second-order valence-electron chi connectivity index (χ2n) is 12.3. The average Bonchev–Trinajstić information content (AvgIpc) is 3.23. The number of nitrogens with zero attached hydrogens (tertiary/aromatic N) is 2. The van der Waals surface area contributed by atoms with Gasteiger partial charge in [0.1, 0.15) is 6.10 Å². The minimum Gasteiger partial charge on any atom is -0.462 e. The topological polar surface area (TPSA) is 62.7 Å². The summed E-state index contributed by atoms with van der Waals surface area (Å²) in [4.78, 5) is 18.8. The molecule has 4 aliphatic rings. The summed E-state index contributed by atoms with van der Waals surface area (Å²) < 4.78 is 5.88. The summed E-state index contributed by atoms with van der Waals surface area (Å²) in [6, 6.07) is 4.31. The van der Waals surface area contributed by atoms with Crippen molar-refractivity contribution in [1.29, 1.82) is 0 Å². The Morgan fingerprint density at radius 1 is 1.19 bits per heavy atom. The summed E-state index contributed by atoms with van der Waals surface area (Å²) in [5.74, 6) is 2.57. The lowest BCUT2D eigenvalue weighted by Crippen LogP contribution is -2.46. The van der Waals surface area contributed by atoms with E-state index in [1.165, 1.54) is 43.2 Å². The van der Waals surface area contributed by atoms with E-state index in [-0.39, 0.29) is 23.9 Å². The molecule has 0 aliphatic heterocycles. The van der Waals surface area contributed by atoms with E-state index < -0.39 is 6.10 Å². The number of carbonyl (C=O) groups is 1. The number of hydrogen-bond donors (Lipinski definition) is 1. The first-order valence-electron chi connectivity index (χ1n) is 14.2. The van der Waals surface area contributed by atoms with Crippen molar-refractivity contribution >= 4 is 11.5 Å². The molecule has 5 heteroatoms. The van der Waals surface area contributed by atoms with E-state index in [0.29, 0.717) is 18.4 Å². The standard InChI is InChI=1S/C31H44N2O3/c1-31-15-14-24(36-30(35)18-23(34)20-33(2)3)17-22(31)10-11-28-27-13-12-25(21-7-6-16-32-19-21)26(27)8-4-5-9-29(28)31/h6-7,10,12,16,19,23-24,26-29,34H,4-5,8-9,11,13-15,17-18,20H2,1-3H3/t23-,24+,26+,27?,28?,29?,31+/m1/s1. The lowest BCUT2D eigenvalue weighted by Gasteiger charge is -2.53. The molecule has 1 aromatic rings. The second kappa shape index (κ2) is 10.8. The van der Waals surface area contributed by atoms with Crippen LogP contribution in [0.25, 0.3) is 5.57 Å². The predicted molar refractivity (Wildman–Crippen MR) is 143 cm³/mol. The maximum Gasteiger partial charge on any atom is 0.308 e. The number of aliphatic hydroxyl groups is 1. The maximum atomic E-state index is 12.5. The van der Waals surface area contributed by atoms with Crippen molar-refractivity contribution < 1.29 is 14.6 Å². The Labute approximate surface area is 217 Å². The zero-order valence-corrected chi connectivity index (χ0v) is 22.4. The Morgan fingerprint density at radius 3 is 2.78 bits per heavy atom. The summed E-state index contributed by atoms with van der Waals surface area (Å²) >= 11 is 0. The molecule has 0 amide bonds. The Morgan fingerprint density at radius 2 is 2.00 bits per heavy atom. The Balaban J connectivity index is 1.28. The van der Waals surface area contributed by atoms with Gasteiger partial charge < -0.3 is 14.7 Å². The number of likely N-dealkylation sites (N-methyl/N-ethyl adjacent to an activating group) is 1. The first-order chi connectivity index (χ1) is 17.3. The Kier molecular flexibility index (Phi) is 7.69. The number of hydrogen-bond acceptors (Lipinski definition) is 5. The molecule has 0 radical (unpaired) electrons. The number of aromatic nitrogens is 1. The molecule has 2 fully saturated rings. The second-order valence-corrected chi connectivity index (χ2v) is 12.3. The van der Waals surface area contributed by atoms with Crippen molar-refractivity contribution in [2.24, 2.45) is 29.1 Å². The first kappa shape index (κ1) is 25.7. The largest absolute Gasteiger partial charge is 0.462 e. The van der Waals surface area contributed by atoms with Crippen LogP contribution in [0.2, 0.25) is 0 Å². The van der Waals surface area contributed by atoms with Gasteiger partial charge in [0.15, 0.2) is 0 Å². The van der Waals surface area contributed by atoms with Gasteiger partial charge in [0, 0.05) is 25.4 Å². The van der Waals surface area contributed by atoms with Crippen molar-refractivity contribution in [2.75, 3.05) is 20.6 Å². The van der Waals surface area contributed by atoms with Crippen LogP contribution in [0.5, 0.6) is 0 Å². The minimum absolute atomic E-state index is 0.0495. The number of pyridine rings is 1. The smallest absolute Gasteiger partial charge is 0.308 e. The maximum absolute atomic E-state index is 12.5. The number of fused-ring (bicyclic) bond motifs is 5. The third-order valence-corrected chi connectivity index (χ3v) is 9.77. The molecule has 3 unspecified atom stereocenters. The molecule has 7 atom stereocenters. The fraction of sp³-hybridized carbons (Fsp3) is 0.677. The number of ether oxygens (including phenoxy) is 1.